The summed E-state index contributed by atoms with van der Waals surface area (Å²) in [4.78, 5) is 11.6. The molecule has 1 nitrogen and oxygen atoms in total. The van der Waals surface area contributed by atoms with Gasteiger partial charge in [0.15, 0.2) is 0 Å². The van der Waals surface area contributed by atoms with Gasteiger partial charge in [-0.05, 0) is 17.2 Å². The molecule has 0 saturated carbocycles. The standard InChI is InChI=1S/C17H14F2O/c18-17(19)16(20)15(11-13-7-3-1-4-8-13)12-14-9-5-2-6-10-14/h1-11,17H,12H2. The maximum atomic E-state index is 12.7. The maximum Gasteiger partial charge on any atom is 0.300 e. The Labute approximate surface area is 116 Å². The minimum absolute atomic E-state index is 0.123. The molecular formula is C17H14F2O. The Morgan fingerprint density at radius 1 is 0.950 bits per heavy atom. The normalized spacial score (nSPS) is 11.7. The Hall–Kier alpha value is -2.29. The number of hydrogen-bond acceptors (Lipinski definition) is 1. The van der Waals surface area contributed by atoms with Gasteiger partial charge in [-0.15, -0.1) is 0 Å². The van der Waals surface area contributed by atoms with Crippen LogP contribution in [0.1, 0.15) is 11.1 Å². The molecule has 0 atom stereocenters. The van der Waals surface area contributed by atoms with Crippen molar-refractivity contribution in [2.75, 3.05) is 0 Å². The first-order valence-corrected chi connectivity index (χ1v) is 6.29. The van der Waals surface area contributed by atoms with Crippen LogP contribution in [0.3, 0.4) is 0 Å². The molecule has 0 aliphatic rings. The zero-order chi connectivity index (χ0) is 14.4. The van der Waals surface area contributed by atoms with E-state index in [2.05, 4.69) is 0 Å². The van der Waals surface area contributed by atoms with Crippen LogP contribution in [-0.4, -0.2) is 12.2 Å². The Kier molecular flexibility index (Phi) is 4.77. The highest BCUT2D eigenvalue weighted by molar-refractivity contribution is 6.01. The first-order chi connectivity index (χ1) is 9.66. The molecule has 3 heteroatoms. The molecule has 0 heterocycles. The molecule has 0 aromatic heterocycles. The van der Waals surface area contributed by atoms with Gasteiger partial charge in [0.05, 0.1) is 0 Å². The van der Waals surface area contributed by atoms with Crippen LogP contribution in [0.2, 0.25) is 0 Å². The van der Waals surface area contributed by atoms with E-state index in [-0.39, 0.29) is 12.0 Å². The maximum absolute atomic E-state index is 12.7. The summed E-state index contributed by atoms with van der Waals surface area (Å²) in [6.07, 6.45) is -1.24. The molecule has 0 spiro atoms. The van der Waals surface area contributed by atoms with Crippen LogP contribution in [0.4, 0.5) is 8.78 Å². The number of halogens is 2. The highest BCUT2D eigenvalue weighted by atomic mass is 19.3. The van der Waals surface area contributed by atoms with Crippen LogP contribution >= 0.6 is 0 Å². The van der Waals surface area contributed by atoms with Gasteiger partial charge in [-0.25, -0.2) is 8.78 Å². The summed E-state index contributed by atoms with van der Waals surface area (Å²) in [6, 6.07) is 18.1. The lowest BCUT2D eigenvalue weighted by molar-refractivity contribution is -0.125. The van der Waals surface area contributed by atoms with Crippen molar-refractivity contribution in [3.05, 3.63) is 77.4 Å². The summed E-state index contributed by atoms with van der Waals surface area (Å²) in [6.45, 7) is 0. The summed E-state index contributed by atoms with van der Waals surface area (Å²) in [7, 11) is 0. The molecule has 0 fully saturated rings. The lowest BCUT2D eigenvalue weighted by Gasteiger charge is -2.07. The first-order valence-electron chi connectivity index (χ1n) is 6.29. The number of Topliss-reactive ketones (excluding diaryl/α,β-unsaturated/α-hetero) is 1. The van der Waals surface area contributed by atoms with Crippen molar-refractivity contribution >= 4 is 11.9 Å². The SMILES string of the molecule is O=C(C(=Cc1ccccc1)Cc1ccccc1)C(F)F. The third-order valence-corrected chi connectivity index (χ3v) is 2.89. The van der Waals surface area contributed by atoms with Crippen molar-refractivity contribution in [1.29, 1.82) is 0 Å². The van der Waals surface area contributed by atoms with E-state index in [9.17, 15) is 13.6 Å². The van der Waals surface area contributed by atoms with E-state index in [1.165, 1.54) is 6.08 Å². The zero-order valence-electron chi connectivity index (χ0n) is 10.8. The molecule has 0 radical (unpaired) electrons. The fourth-order valence-corrected chi connectivity index (χ4v) is 1.92. The second-order valence-electron chi connectivity index (χ2n) is 4.41. The van der Waals surface area contributed by atoms with E-state index in [4.69, 9.17) is 0 Å². The molecule has 0 aliphatic heterocycles. The van der Waals surface area contributed by atoms with Crippen molar-refractivity contribution in [3.63, 3.8) is 0 Å². The van der Waals surface area contributed by atoms with Gasteiger partial charge < -0.3 is 0 Å². The number of carbonyl (C=O) groups is 1. The van der Waals surface area contributed by atoms with Crippen molar-refractivity contribution in [2.24, 2.45) is 0 Å². The van der Waals surface area contributed by atoms with Crippen LogP contribution in [0.5, 0.6) is 0 Å². The minimum Gasteiger partial charge on any atom is -0.288 e. The number of ketones is 1. The van der Waals surface area contributed by atoms with Crippen molar-refractivity contribution in [1.82, 2.24) is 0 Å². The summed E-state index contributed by atoms with van der Waals surface area (Å²) in [5.41, 5.74) is 1.70. The third kappa shape index (κ3) is 3.85. The van der Waals surface area contributed by atoms with E-state index in [0.29, 0.717) is 0 Å². The molecule has 2 rings (SSSR count). The molecule has 20 heavy (non-hydrogen) atoms. The van der Waals surface area contributed by atoms with Crippen molar-refractivity contribution in [2.45, 2.75) is 12.8 Å². The Balaban J connectivity index is 2.30. The van der Waals surface area contributed by atoms with E-state index < -0.39 is 12.2 Å². The second kappa shape index (κ2) is 6.75. The summed E-state index contributed by atoms with van der Waals surface area (Å²) >= 11 is 0. The van der Waals surface area contributed by atoms with Crippen LogP contribution < -0.4 is 0 Å². The second-order valence-corrected chi connectivity index (χ2v) is 4.41. The average Bonchev–Trinajstić information content (AvgIpc) is 2.48. The van der Waals surface area contributed by atoms with Crippen LogP contribution in [0.25, 0.3) is 6.08 Å². The zero-order valence-corrected chi connectivity index (χ0v) is 10.8. The van der Waals surface area contributed by atoms with Crippen LogP contribution in [0.15, 0.2) is 66.2 Å². The first kappa shape index (κ1) is 14.1. The molecule has 0 aliphatic carbocycles. The van der Waals surface area contributed by atoms with Crippen molar-refractivity contribution in [3.8, 4) is 0 Å². The van der Waals surface area contributed by atoms with E-state index >= 15 is 0 Å². The van der Waals surface area contributed by atoms with Gasteiger partial charge in [-0.1, -0.05) is 60.7 Å². The smallest absolute Gasteiger partial charge is 0.288 e. The predicted octanol–water partition coefficient (Wildman–Crippen LogP) is 4.15. The fourth-order valence-electron chi connectivity index (χ4n) is 1.92. The molecule has 102 valence electrons. The van der Waals surface area contributed by atoms with Gasteiger partial charge in [-0.3, -0.25) is 4.79 Å². The quantitative estimate of drug-likeness (QED) is 0.747. The fraction of sp³-hybridized carbons (Fsp3) is 0.118. The lowest BCUT2D eigenvalue weighted by Crippen LogP contribution is -2.14. The molecule has 0 N–H and O–H groups in total. The Morgan fingerprint density at radius 3 is 2.05 bits per heavy atom. The number of alkyl halides is 2. The predicted molar refractivity (Wildman–Crippen MR) is 75.6 cm³/mol. The van der Waals surface area contributed by atoms with Crippen LogP contribution in [-0.2, 0) is 11.2 Å². The van der Waals surface area contributed by atoms with Gasteiger partial charge in [0.25, 0.3) is 6.43 Å². The monoisotopic (exact) mass is 272 g/mol. The van der Waals surface area contributed by atoms with Gasteiger partial charge in [0.1, 0.15) is 0 Å². The number of rotatable bonds is 5. The van der Waals surface area contributed by atoms with E-state index in [0.717, 1.165) is 11.1 Å². The third-order valence-electron chi connectivity index (χ3n) is 2.89. The van der Waals surface area contributed by atoms with Gasteiger partial charge >= 0.3 is 0 Å². The molecule has 0 saturated heterocycles. The van der Waals surface area contributed by atoms with Gasteiger partial charge in [0, 0.05) is 12.0 Å². The lowest BCUT2D eigenvalue weighted by atomic mass is 9.99. The Bertz CT molecular complexity index is 589. The Morgan fingerprint density at radius 2 is 1.50 bits per heavy atom. The number of carbonyl (C=O) groups excluding carboxylic acids is 1. The van der Waals surface area contributed by atoms with Gasteiger partial charge in [-0.2, -0.15) is 0 Å². The number of allylic oxidation sites excluding steroid dienone is 1. The highest BCUT2D eigenvalue weighted by Crippen LogP contribution is 2.16. The molecule has 0 amide bonds. The minimum atomic E-state index is -2.98. The average molecular weight is 272 g/mol. The highest BCUT2D eigenvalue weighted by Gasteiger charge is 2.20. The number of benzene rings is 2. The van der Waals surface area contributed by atoms with Crippen LogP contribution in [0, 0.1) is 0 Å². The van der Waals surface area contributed by atoms with Gasteiger partial charge in [0.2, 0.25) is 5.78 Å². The molecule has 2 aromatic rings. The summed E-state index contributed by atoms with van der Waals surface area (Å²) < 4.78 is 25.4. The van der Waals surface area contributed by atoms with E-state index in [1.54, 1.807) is 24.3 Å². The molecular weight excluding hydrogens is 258 g/mol. The summed E-state index contributed by atoms with van der Waals surface area (Å²) in [5, 5.41) is 0. The van der Waals surface area contributed by atoms with Crippen molar-refractivity contribution < 1.29 is 13.6 Å². The molecule has 0 bridgehead atoms. The molecule has 2 aromatic carbocycles. The topological polar surface area (TPSA) is 17.1 Å². The largest absolute Gasteiger partial charge is 0.300 e. The molecule has 0 unspecified atom stereocenters. The number of hydrogen-bond donors (Lipinski definition) is 0. The summed E-state index contributed by atoms with van der Waals surface area (Å²) in [5.74, 6) is -1.11. The van der Waals surface area contributed by atoms with E-state index in [1.807, 2.05) is 36.4 Å².